The number of hydrogen-bond acceptors (Lipinski definition) is 6. The summed E-state index contributed by atoms with van der Waals surface area (Å²) in [4.78, 5) is 29.0. The summed E-state index contributed by atoms with van der Waals surface area (Å²) in [6.07, 6.45) is 0.340. The molecule has 226 valence electrons. The molecular formula is C32H41N3O6S. The summed E-state index contributed by atoms with van der Waals surface area (Å²) in [5.74, 6) is 0.569. The molecule has 1 N–H and O–H groups in total. The standard InChI is InChI=1S/C32H41N3O6S/c1-7-30(32(37)33-20-23(2)3)34(21-25-9-8-10-28(19-25)41-6)31(36)22-35(26-13-15-27(40-5)16-14-26)42(38,39)29-17-11-24(4)12-18-29/h8-19,23,30H,7,20-22H2,1-6H3,(H,33,37)/t30-/m0/s1. The highest BCUT2D eigenvalue weighted by Gasteiger charge is 2.33. The van der Waals surface area contributed by atoms with E-state index in [1.807, 2.05) is 39.8 Å². The Balaban J connectivity index is 2.06. The van der Waals surface area contributed by atoms with Crippen LogP contribution in [0.25, 0.3) is 0 Å². The Bertz CT molecular complexity index is 1440. The number of nitrogens with one attached hydrogen (secondary N) is 1. The lowest BCUT2D eigenvalue weighted by atomic mass is 10.1. The molecule has 2 amide bonds. The van der Waals surface area contributed by atoms with Gasteiger partial charge in [-0.05, 0) is 73.4 Å². The number of aryl methyl sites for hydroxylation is 1. The maximum atomic E-state index is 14.2. The zero-order chi connectivity index (χ0) is 30.9. The van der Waals surface area contributed by atoms with Gasteiger partial charge < -0.3 is 19.7 Å². The van der Waals surface area contributed by atoms with Gasteiger partial charge in [-0.15, -0.1) is 0 Å². The van der Waals surface area contributed by atoms with Gasteiger partial charge in [0.25, 0.3) is 10.0 Å². The van der Waals surface area contributed by atoms with E-state index in [4.69, 9.17) is 9.47 Å². The first-order chi connectivity index (χ1) is 20.0. The van der Waals surface area contributed by atoms with Gasteiger partial charge in [-0.25, -0.2) is 8.42 Å². The lowest BCUT2D eigenvalue weighted by Gasteiger charge is -2.33. The average Bonchev–Trinajstić information content (AvgIpc) is 2.98. The van der Waals surface area contributed by atoms with Crippen LogP contribution in [0.15, 0.2) is 77.7 Å². The average molecular weight is 596 g/mol. The van der Waals surface area contributed by atoms with Gasteiger partial charge in [0.1, 0.15) is 24.1 Å². The van der Waals surface area contributed by atoms with Gasteiger partial charge in [0, 0.05) is 13.1 Å². The lowest BCUT2D eigenvalue weighted by molar-refractivity contribution is -0.140. The largest absolute Gasteiger partial charge is 0.497 e. The summed E-state index contributed by atoms with van der Waals surface area (Å²) in [6.45, 7) is 7.70. The molecule has 0 unspecified atom stereocenters. The van der Waals surface area contributed by atoms with E-state index in [1.54, 1.807) is 55.6 Å². The fourth-order valence-corrected chi connectivity index (χ4v) is 5.84. The quantitative estimate of drug-likeness (QED) is 0.288. The normalized spacial score (nSPS) is 12.0. The van der Waals surface area contributed by atoms with E-state index < -0.39 is 28.5 Å². The number of sulfonamides is 1. The molecule has 3 aromatic carbocycles. The number of hydrogen-bond donors (Lipinski definition) is 1. The summed E-state index contributed by atoms with van der Waals surface area (Å²) in [7, 11) is -1.08. The number of benzene rings is 3. The Morgan fingerprint density at radius 1 is 0.905 bits per heavy atom. The van der Waals surface area contributed by atoms with Crippen molar-refractivity contribution in [1.82, 2.24) is 10.2 Å². The zero-order valence-corrected chi connectivity index (χ0v) is 26.0. The van der Waals surface area contributed by atoms with Crippen LogP contribution in [0, 0.1) is 12.8 Å². The highest BCUT2D eigenvalue weighted by atomic mass is 32.2. The van der Waals surface area contributed by atoms with Gasteiger partial charge in [0.05, 0.1) is 24.8 Å². The third-order valence-electron chi connectivity index (χ3n) is 6.81. The molecule has 3 aromatic rings. The molecule has 1 atom stereocenters. The summed E-state index contributed by atoms with van der Waals surface area (Å²) >= 11 is 0. The minimum absolute atomic E-state index is 0.0535. The van der Waals surface area contributed by atoms with Crippen molar-refractivity contribution in [2.45, 2.75) is 51.6 Å². The smallest absolute Gasteiger partial charge is 0.264 e. The summed E-state index contributed by atoms with van der Waals surface area (Å²) < 4.78 is 39.6. The Labute approximate surface area is 249 Å². The van der Waals surface area contributed by atoms with Crippen molar-refractivity contribution >= 4 is 27.5 Å². The Kier molecular flexibility index (Phi) is 11.4. The Morgan fingerprint density at radius 3 is 2.12 bits per heavy atom. The topological polar surface area (TPSA) is 105 Å². The maximum Gasteiger partial charge on any atom is 0.264 e. The molecule has 0 radical (unpaired) electrons. The van der Waals surface area contributed by atoms with Crippen LogP contribution < -0.4 is 19.1 Å². The van der Waals surface area contributed by atoms with E-state index in [0.717, 1.165) is 15.4 Å². The minimum atomic E-state index is -4.15. The second-order valence-corrected chi connectivity index (χ2v) is 12.3. The van der Waals surface area contributed by atoms with E-state index in [9.17, 15) is 18.0 Å². The number of amides is 2. The molecule has 0 spiro atoms. The number of rotatable bonds is 14. The molecule has 0 aliphatic carbocycles. The van der Waals surface area contributed by atoms with Crippen LogP contribution >= 0.6 is 0 Å². The van der Waals surface area contributed by atoms with E-state index in [1.165, 1.54) is 24.1 Å². The molecule has 0 saturated heterocycles. The fourth-order valence-electron chi connectivity index (χ4n) is 4.42. The van der Waals surface area contributed by atoms with Crippen molar-refractivity contribution in [2.24, 2.45) is 5.92 Å². The van der Waals surface area contributed by atoms with E-state index in [0.29, 0.717) is 30.2 Å². The van der Waals surface area contributed by atoms with Crippen molar-refractivity contribution in [3.8, 4) is 11.5 Å². The van der Waals surface area contributed by atoms with Crippen molar-refractivity contribution in [3.05, 3.63) is 83.9 Å². The Morgan fingerprint density at radius 2 is 1.55 bits per heavy atom. The molecule has 0 saturated carbocycles. The highest BCUT2D eigenvalue weighted by molar-refractivity contribution is 7.92. The summed E-state index contributed by atoms with van der Waals surface area (Å²) in [5.41, 5.74) is 1.95. The van der Waals surface area contributed by atoms with Crippen molar-refractivity contribution in [3.63, 3.8) is 0 Å². The van der Waals surface area contributed by atoms with Gasteiger partial charge in [0.15, 0.2) is 0 Å². The van der Waals surface area contributed by atoms with Gasteiger partial charge >= 0.3 is 0 Å². The summed E-state index contributed by atoms with van der Waals surface area (Å²) in [6, 6.07) is 19.3. The number of carbonyl (C=O) groups excluding carboxylic acids is 2. The second-order valence-electron chi connectivity index (χ2n) is 10.5. The van der Waals surface area contributed by atoms with Gasteiger partial charge in [-0.3, -0.25) is 13.9 Å². The van der Waals surface area contributed by atoms with Crippen molar-refractivity contribution in [1.29, 1.82) is 0 Å². The first-order valence-electron chi connectivity index (χ1n) is 13.9. The first-order valence-corrected chi connectivity index (χ1v) is 15.4. The molecule has 0 fully saturated rings. The maximum absolute atomic E-state index is 14.2. The number of carbonyl (C=O) groups is 2. The van der Waals surface area contributed by atoms with Gasteiger partial charge in [-0.2, -0.15) is 0 Å². The van der Waals surface area contributed by atoms with Crippen molar-refractivity contribution in [2.75, 3.05) is 31.6 Å². The predicted molar refractivity (Wildman–Crippen MR) is 164 cm³/mol. The van der Waals surface area contributed by atoms with Gasteiger partial charge in [-0.1, -0.05) is 50.6 Å². The second kappa shape index (κ2) is 14.7. The molecule has 0 aromatic heterocycles. The van der Waals surface area contributed by atoms with Crippen LogP contribution in [0.5, 0.6) is 11.5 Å². The van der Waals surface area contributed by atoms with Crippen LogP contribution in [0.4, 0.5) is 5.69 Å². The van der Waals surface area contributed by atoms with Crippen LogP contribution in [-0.2, 0) is 26.2 Å². The van der Waals surface area contributed by atoms with Crippen LogP contribution in [0.1, 0.15) is 38.3 Å². The summed E-state index contributed by atoms with van der Waals surface area (Å²) in [5, 5.41) is 2.93. The number of methoxy groups -OCH3 is 2. The van der Waals surface area contributed by atoms with E-state index in [2.05, 4.69) is 5.32 Å². The molecule has 10 heteroatoms. The molecule has 0 heterocycles. The third-order valence-corrected chi connectivity index (χ3v) is 8.59. The lowest BCUT2D eigenvalue weighted by Crippen LogP contribution is -2.52. The van der Waals surface area contributed by atoms with E-state index >= 15 is 0 Å². The molecule has 3 rings (SSSR count). The number of anilines is 1. The van der Waals surface area contributed by atoms with E-state index in [-0.39, 0.29) is 23.3 Å². The molecular weight excluding hydrogens is 554 g/mol. The molecule has 9 nitrogen and oxygen atoms in total. The third kappa shape index (κ3) is 8.25. The van der Waals surface area contributed by atoms with Crippen LogP contribution in [0.3, 0.4) is 0 Å². The zero-order valence-electron chi connectivity index (χ0n) is 25.2. The molecule has 42 heavy (non-hydrogen) atoms. The molecule has 0 bridgehead atoms. The van der Waals surface area contributed by atoms with Crippen molar-refractivity contribution < 1.29 is 27.5 Å². The Hall–Kier alpha value is -4.05. The number of ether oxygens (including phenoxy) is 2. The molecule has 0 aliphatic heterocycles. The van der Waals surface area contributed by atoms with Crippen LogP contribution in [0.2, 0.25) is 0 Å². The highest BCUT2D eigenvalue weighted by Crippen LogP contribution is 2.27. The predicted octanol–water partition coefficient (Wildman–Crippen LogP) is 4.79. The SMILES string of the molecule is CC[C@@H](C(=O)NCC(C)C)N(Cc1cccc(OC)c1)C(=O)CN(c1ccc(OC)cc1)S(=O)(=O)c1ccc(C)cc1. The first kappa shape index (κ1) is 32.5. The fraction of sp³-hybridized carbons (Fsp3) is 0.375. The minimum Gasteiger partial charge on any atom is -0.497 e. The molecule has 0 aliphatic rings. The monoisotopic (exact) mass is 595 g/mol. The van der Waals surface area contributed by atoms with Crippen LogP contribution in [-0.4, -0.2) is 58.5 Å². The van der Waals surface area contributed by atoms with Gasteiger partial charge in [0.2, 0.25) is 11.8 Å². The number of nitrogens with zero attached hydrogens (tertiary/aromatic N) is 2.